The van der Waals surface area contributed by atoms with Crippen molar-refractivity contribution >= 4 is 15.9 Å². The molecular weight excluding hydrogens is 336 g/mol. The van der Waals surface area contributed by atoms with Crippen LogP contribution >= 0.6 is 0 Å². The van der Waals surface area contributed by atoms with Crippen LogP contribution in [0.1, 0.15) is 55.5 Å². The van der Waals surface area contributed by atoms with Gasteiger partial charge in [-0.2, -0.15) is 0 Å². The van der Waals surface area contributed by atoms with Gasteiger partial charge in [0, 0.05) is 18.2 Å². The number of fused-ring (bicyclic) bond motifs is 2. The molecular formula is C19H28N2O3S. The molecule has 3 rings (SSSR count). The third-order valence-corrected chi connectivity index (χ3v) is 7.44. The molecule has 1 aromatic rings. The lowest BCUT2D eigenvalue weighted by atomic mass is 9.84. The Labute approximate surface area is 150 Å². The Morgan fingerprint density at radius 3 is 2.64 bits per heavy atom. The Hall–Kier alpha value is -1.40. The van der Waals surface area contributed by atoms with Crippen LogP contribution in [-0.2, 0) is 10.0 Å². The van der Waals surface area contributed by atoms with Gasteiger partial charge in [0.15, 0.2) is 0 Å². The summed E-state index contributed by atoms with van der Waals surface area (Å²) in [7, 11) is -3.56. The first-order valence-electron chi connectivity index (χ1n) is 9.23. The fourth-order valence-corrected chi connectivity index (χ4v) is 5.65. The van der Waals surface area contributed by atoms with E-state index >= 15 is 0 Å². The fraction of sp³-hybridized carbons (Fsp3) is 0.632. The van der Waals surface area contributed by atoms with E-state index in [0.717, 1.165) is 17.4 Å². The molecule has 2 fully saturated rings. The van der Waals surface area contributed by atoms with Gasteiger partial charge in [-0.15, -0.1) is 0 Å². The number of sulfonamides is 1. The zero-order valence-electron chi connectivity index (χ0n) is 15.2. The fourth-order valence-electron chi connectivity index (χ4n) is 4.58. The van der Waals surface area contributed by atoms with Gasteiger partial charge in [0.1, 0.15) is 0 Å². The topological polar surface area (TPSA) is 75.3 Å². The first-order chi connectivity index (χ1) is 11.8. The van der Waals surface area contributed by atoms with Gasteiger partial charge in [0.2, 0.25) is 10.0 Å². The molecule has 2 bridgehead atoms. The number of carbonyl (C=O) groups excluding carboxylic acids is 1. The standard InChI is InChI=1S/C19H28N2O3S/c1-4-20-25(23,24)16-8-5-12(2)17(11-16)19(22)21-13(3)18-10-14-6-7-15(18)9-14/h5,8,11,13-15,18,20H,4,6-7,9-10H2,1-3H3,(H,21,22)/t13-,14+,15+,18-/m1/s1. The molecule has 0 radical (unpaired) electrons. The van der Waals surface area contributed by atoms with Crippen molar-refractivity contribution in [3.05, 3.63) is 29.3 Å². The zero-order chi connectivity index (χ0) is 18.2. The molecule has 0 saturated heterocycles. The second-order valence-corrected chi connectivity index (χ2v) is 9.35. The number of nitrogens with one attached hydrogen (secondary N) is 2. The van der Waals surface area contributed by atoms with Crippen molar-refractivity contribution < 1.29 is 13.2 Å². The summed E-state index contributed by atoms with van der Waals surface area (Å²) in [6, 6.07) is 4.84. The molecule has 0 heterocycles. The van der Waals surface area contributed by atoms with E-state index in [9.17, 15) is 13.2 Å². The normalized spacial score (nSPS) is 26.6. The molecule has 2 saturated carbocycles. The molecule has 5 nitrogen and oxygen atoms in total. The number of benzene rings is 1. The third-order valence-electron chi connectivity index (χ3n) is 5.89. The van der Waals surface area contributed by atoms with E-state index in [0.29, 0.717) is 18.0 Å². The van der Waals surface area contributed by atoms with Crippen molar-refractivity contribution in [1.82, 2.24) is 10.0 Å². The molecule has 2 N–H and O–H groups in total. The Bertz CT molecular complexity index is 760. The van der Waals surface area contributed by atoms with Crippen molar-refractivity contribution in [3.8, 4) is 0 Å². The van der Waals surface area contributed by atoms with Gasteiger partial charge in [-0.05, 0) is 68.6 Å². The average molecular weight is 365 g/mol. The second-order valence-electron chi connectivity index (χ2n) is 7.58. The highest BCUT2D eigenvalue weighted by Gasteiger charge is 2.42. The third kappa shape index (κ3) is 3.75. The van der Waals surface area contributed by atoms with Crippen molar-refractivity contribution in [2.45, 2.75) is 57.4 Å². The maximum Gasteiger partial charge on any atom is 0.251 e. The molecule has 0 aromatic heterocycles. The summed E-state index contributed by atoms with van der Waals surface area (Å²) in [5.41, 5.74) is 1.22. The first-order valence-corrected chi connectivity index (χ1v) is 10.7. The number of rotatable bonds is 6. The van der Waals surface area contributed by atoms with Crippen LogP contribution in [0.25, 0.3) is 0 Å². The molecule has 1 amide bonds. The quantitative estimate of drug-likeness (QED) is 0.815. The van der Waals surface area contributed by atoms with Crippen LogP contribution < -0.4 is 10.0 Å². The summed E-state index contributed by atoms with van der Waals surface area (Å²) >= 11 is 0. The molecule has 4 atom stereocenters. The number of hydrogen-bond acceptors (Lipinski definition) is 3. The molecule has 138 valence electrons. The lowest BCUT2D eigenvalue weighted by molar-refractivity contribution is 0.0914. The van der Waals surface area contributed by atoms with Crippen LogP contribution in [0.3, 0.4) is 0 Å². The minimum atomic E-state index is -3.56. The number of carbonyl (C=O) groups is 1. The average Bonchev–Trinajstić information content (AvgIpc) is 3.18. The number of hydrogen-bond donors (Lipinski definition) is 2. The lowest BCUT2D eigenvalue weighted by Crippen LogP contribution is -2.40. The van der Waals surface area contributed by atoms with E-state index in [1.165, 1.54) is 31.7 Å². The van der Waals surface area contributed by atoms with Gasteiger partial charge in [-0.25, -0.2) is 13.1 Å². The summed E-state index contributed by atoms with van der Waals surface area (Å²) in [5, 5.41) is 3.12. The largest absolute Gasteiger partial charge is 0.349 e. The molecule has 0 aliphatic heterocycles. The summed E-state index contributed by atoms with van der Waals surface area (Å²) in [5.74, 6) is 1.95. The molecule has 1 aromatic carbocycles. The molecule has 0 unspecified atom stereocenters. The monoisotopic (exact) mass is 364 g/mol. The Morgan fingerprint density at radius 1 is 1.28 bits per heavy atom. The number of amides is 1. The maximum atomic E-state index is 12.7. The minimum absolute atomic E-state index is 0.122. The van der Waals surface area contributed by atoms with Crippen LogP contribution in [0.5, 0.6) is 0 Å². The SMILES string of the molecule is CCNS(=O)(=O)c1ccc(C)c(C(=O)N[C@H](C)[C@H]2C[C@H]3CC[C@H]2C3)c1. The first kappa shape index (κ1) is 18.4. The van der Waals surface area contributed by atoms with Crippen LogP contribution in [0, 0.1) is 24.7 Å². The summed E-state index contributed by atoms with van der Waals surface area (Å²) in [6.07, 6.45) is 5.14. The van der Waals surface area contributed by atoms with Crippen LogP contribution in [-0.4, -0.2) is 26.9 Å². The summed E-state index contributed by atoms with van der Waals surface area (Å²) in [6.45, 7) is 5.97. The highest BCUT2D eigenvalue weighted by atomic mass is 32.2. The van der Waals surface area contributed by atoms with Crippen molar-refractivity contribution in [3.63, 3.8) is 0 Å². The Kier molecular flexibility index (Phi) is 5.21. The minimum Gasteiger partial charge on any atom is -0.349 e. The van der Waals surface area contributed by atoms with E-state index in [4.69, 9.17) is 0 Å². The summed E-state index contributed by atoms with van der Waals surface area (Å²) < 4.78 is 26.9. The predicted octanol–water partition coefficient (Wildman–Crippen LogP) is 2.85. The van der Waals surface area contributed by atoms with Gasteiger partial charge < -0.3 is 5.32 Å². The van der Waals surface area contributed by atoms with Crippen molar-refractivity contribution in [2.24, 2.45) is 17.8 Å². The zero-order valence-corrected chi connectivity index (χ0v) is 16.0. The summed E-state index contributed by atoms with van der Waals surface area (Å²) in [4.78, 5) is 12.9. The van der Waals surface area contributed by atoms with Crippen molar-refractivity contribution in [1.29, 1.82) is 0 Å². The van der Waals surface area contributed by atoms with Gasteiger partial charge in [-0.1, -0.05) is 19.4 Å². The maximum absolute atomic E-state index is 12.7. The Balaban J connectivity index is 1.75. The predicted molar refractivity (Wildman–Crippen MR) is 97.9 cm³/mol. The van der Waals surface area contributed by atoms with Gasteiger partial charge >= 0.3 is 0 Å². The van der Waals surface area contributed by atoms with E-state index < -0.39 is 10.0 Å². The molecule has 0 spiro atoms. The highest BCUT2D eigenvalue weighted by molar-refractivity contribution is 7.89. The van der Waals surface area contributed by atoms with Crippen LogP contribution in [0.15, 0.2) is 23.1 Å². The molecule has 6 heteroatoms. The second kappa shape index (κ2) is 7.08. The van der Waals surface area contributed by atoms with Crippen LogP contribution in [0.2, 0.25) is 0 Å². The Morgan fingerprint density at radius 2 is 2.04 bits per heavy atom. The molecule has 25 heavy (non-hydrogen) atoms. The van der Waals surface area contributed by atoms with Gasteiger partial charge in [0.05, 0.1) is 4.90 Å². The highest BCUT2D eigenvalue weighted by Crippen LogP contribution is 2.49. The molecule has 2 aliphatic rings. The van der Waals surface area contributed by atoms with Crippen LogP contribution in [0.4, 0.5) is 0 Å². The van der Waals surface area contributed by atoms with E-state index in [2.05, 4.69) is 17.0 Å². The molecule has 2 aliphatic carbocycles. The van der Waals surface area contributed by atoms with Gasteiger partial charge in [0.25, 0.3) is 5.91 Å². The lowest BCUT2D eigenvalue weighted by Gasteiger charge is -2.28. The van der Waals surface area contributed by atoms with E-state index in [-0.39, 0.29) is 16.8 Å². The van der Waals surface area contributed by atoms with Crippen molar-refractivity contribution in [2.75, 3.05) is 6.54 Å². The van der Waals surface area contributed by atoms with E-state index in [1.807, 2.05) is 6.92 Å². The van der Waals surface area contributed by atoms with E-state index in [1.54, 1.807) is 19.1 Å². The van der Waals surface area contributed by atoms with Gasteiger partial charge in [-0.3, -0.25) is 4.79 Å². The number of aryl methyl sites for hydroxylation is 1. The smallest absolute Gasteiger partial charge is 0.251 e.